The van der Waals surface area contributed by atoms with Gasteiger partial charge in [-0.2, -0.15) is 0 Å². The standard InChI is InChI=1S/C23H24FNO5/c1-15(26)20-21(27)19-17(24)8-5-9-18(19)30-23(20)10-12-25(13-11-23)22(28)29-14-16-6-3-2-4-7-16/h2-9,15,20,26H,10-14H2,1H3. The quantitative estimate of drug-likeness (QED) is 0.833. The lowest BCUT2D eigenvalue weighted by molar-refractivity contribution is -0.0739. The molecule has 0 bridgehead atoms. The van der Waals surface area contributed by atoms with Crippen LogP contribution in [-0.2, 0) is 11.3 Å². The van der Waals surface area contributed by atoms with Crippen LogP contribution in [0.4, 0.5) is 9.18 Å². The van der Waals surface area contributed by atoms with Gasteiger partial charge in [-0.05, 0) is 24.6 Å². The van der Waals surface area contributed by atoms with Crippen LogP contribution in [-0.4, -0.2) is 46.7 Å². The van der Waals surface area contributed by atoms with Crippen molar-refractivity contribution >= 4 is 11.9 Å². The molecule has 1 saturated heterocycles. The molecular weight excluding hydrogens is 389 g/mol. The molecule has 158 valence electrons. The predicted octanol–water partition coefficient (Wildman–Crippen LogP) is 3.57. The van der Waals surface area contributed by atoms with E-state index >= 15 is 0 Å². The fraction of sp³-hybridized carbons (Fsp3) is 0.391. The van der Waals surface area contributed by atoms with Gasteiger partial charge in [-0.25, -0.2) is 9.18 Å². The van der Waals surface area contributed by atoms with E-state index in [4.69, 9.17) is 9.47 Å². The van der Waals surface area contributed by atoms with Gasteiger partial charge in [-0.3, -0.25) is 4.79 Å². The number of hydrogen-bond acceptors (Lipinski definition) is 5. The molecule has 0 aromatic heterocycles. The average Bonchev–Trinajstić information content (AvgIpc) is 2.73. The zero-order valence-corrected chi connectivity index (χ0v) is 16.7. The lowest BCUT2D eigenvalue weighted by atomic mass is 9.71. The Morgan fingerprint density at radius 2 is 1.93 bits per heavy atom. The number of aliphatic hydroxyl groups excluding tert-OH is 1. The van der Waals surface area contributed by atoms with Crippen LogP contribution in [0.25, 0.3) is 0 Å². The molecule has 2 aromatic carbocycles. The maximum Gasteiger partial charge on any atom is 0.410 e. The van der Waals surface area contributed by atoms with Crippen molar-refractivity contribution in [1.82, 2.24) is 4.90 Å². The fourth-order valence-corrected chi connectivity index (χ4v) is 4.46. The number of amides is 1. The Morgan fingerprint density at radius 3 is 2.60 bits per heavy atom. The first-order valence-corrected chi connectivity index (χ1v) is 10.1. The summed E-state index contributed by atoms with van der Waals surface area (Å²) < 4.78 is 25.8. The Kier molecular flexibility index (Phi) is 5.47. The second-order valence-corrected chi connectivity index (χ2v) is 7.89. The van der Waals surface area contributed by atoms with Gasteiger partial charge in [0, 0.05) is 25.9 Å². The molecule has 7 heteroatoms. The minimum atomic E-state index is -1.01. The molecule has 2 aliphatic rings. The van der Waals surface area contributed by atoms with Crippen LogP contribution in [0.1, 0.15) is 35.7 Å². The Labute approximate surface area is 174 Å². The monoisotopic (exact) mass is 413 g/mol. The van der Waals surface area contributed by atoms with E-state index in [0.29, 0.717) is 25.9 Å². The van der Waals surface area contributed by atoms with E-state index in [9.17, 15) is 19.1 Å². The third kappa shape index (κ3) is 3.65. The number of likely N-dealkylation sites (tertiary alicyclic amines) is 1. The molecule has 0 saturated carbocycles. The van der Waals surface area contributed by atoms with Crippen LogP contribution in [0.15, 0.2) is 48.5 Å². The van der Waals surface area contributed by atoms with Gasteiger partial charge in [0.1, 0.15) is 23.8 Å². The number of ether oxygens (including phenoxy) is 2. The van der Waals surface area contributed by atoms with Crippen LogP contribution in [0.3, 0.4) is 0 Å². The number of aliphatic hydroxyl groups is 1. The zero-order chi connectivity index (χ0) is 21.3. The third-order valence-electron chi connectivity index (χ3n) is 5.94. The van der Waals surface area contributed by atoms with Gasteiger partial charge in [0.2, 0.25) is 0 Å². The van der Waals surface area contributed by atoms with Crippen molar-refractivity contribution in [1.29, 1.82) is 0 Å². The number of carbonyl (C=O) groups is 2. The largest absolute Gasteiger partial charge is 0.485 e. The third-order valence-corrected chi connectivity index (χ3v) is 5.94. The molecule has 1 N–H and O–H groups in total. The van der Waals surface area contributed by atoms with Crippen molar-refractivity contribution in [3.63, 3.8) is 0 Å². The summed E-state index contributed by atoms with van der Waals surface area (Å²) in [4.78, 5) is 27.1. The predicted molar refractivity (Wildman–Crippen MR) is 107 cm³/mol. The fourth-order valence-electron chi connectivity index (χ4n) is 4.46. The maximum atomic E-state index is 14.3. The first kappa shape index (κ1) is 20.3. The second kappa shape index (κ2) is 8.07. The highest BCUT2D eigenvalue weighted by Gasteiger charge is 2.54. The van der Waals surface area contributed by atoms with E-state index in [1.54, 1.807) is 11.0 Å². The molecule has 2 aliphatic heterocycles. The number of carbonyl (C=O) groups excluding carboxylic acids is 2. The van der Waals surface area contributed by atoms with Crippen LogP contribution < -0.4 is 4.74 Å². The number of nitrogens with zero attached hydrogens (tertiary/aromatic N) is 1. The lowest BCUT2D eigenvalue weighted by Crippen LogP contribution is -2.60. The summed E-state index contributed by atoms with van der Waals surface area (Å²) >= 11 is 0. The van der Waals surface area contributed by atoms with E-state index in [1.807, 2.05) is 30.3 Å². The molecule has 1 fully saturated rings. The molecule has 1 amide bonds. The van der Waals surface area contributed by atoms with Crippen molar-refractivity contribution in [2.75, 3.05) is 13.1 Å². The number of ketones is 1. The molecule has 2 heterocycles. The van der Waals surface area contributed by atoms with Crippen molar-refractivity contribution < 1.29 is 28.6 Å². The number of fused-ring (bicyclic) bond motifs is 1. The summed E-state index contributed by atoms with van der Waals surface area (Å²) in [5.41, 5.74) is -0.200. The van der Waals surface area contributed by atoms with E-state index in [0.717, 1.165) is 5.56 Å². The summed E-state index contributed by atoms with van der Waals surface area (Å²) in [5.74, 6) is -1.81. The first-order valence-electron chi connectivity index (χ1n) is 10.1. The number of rotatable bonds is 3. The molecule has 0 aliphatic carbocycles. The molecule has 1 spiro atoms. The number of hydrogen-bond donors (Lipinski definition) is 1. The van der Waals surface area contributed by atoms with Crippen molar-refractivity contribution in [3.8, 4) is 5.75 Å². The summed E-state index contributed by atoms with van der Waals surface area (Å²) in [7, 11) is 0. The van der Waals surface area contributed by atoms with Crippen molar-refractivity contribution in [2.24, 2.45) is 5.92 Å². The lowest BCUT2D eigenvalue weighted by Gasteiger charge is -2.48. The summed E-state index contributed by atoms with van der Waals surface area (Å²) in [5, 5.41) is 10.3. The van der Waals surface area contributed by atoms with Gasteiger partial charge in [0.25, 0.3) is 0 Å². The molecular formula is C23H24FNO5. The Balaban J connectivity index is 1.48. The summed E-state index contributed by atoms with van der Waals surface area (Å²) in [6, 6.07) is 13.7. The molecule has 2 unspecified atom stereocenters. The van der Waals surface area contributed by atoms with Crippen LogP contribution in [0, 0.1) is 11.7 Å². The number of Topliss-reactive ketones (excluding diaryl/α,β-unsaturated/α-hetero) is 1. The van der Waals surface area contributed by atoms with Gasteiger partial charge in [-0.15, -0.1) is 0 Å². The Morgan fingerprint density at radius 1 is 1.23 bits per heavy atom. The van der Waals surface area contributed by atoms with Crippen molar-refractivity contribution in [3.05, 3.63) is 65.5 Å². The first-order chi connectivity index (χ1) is 14.4. The molecule has 4 rings (SSSR count). The average molecular weight is 413 g/mol. The van der Waals surface area contributed by atoms with Gasteiger partial charge in [-0.1, -0.05) is 36.4 Å². The van der Waals surface area contributed by atoms with Crippen LogP contribution >= 0.6 is 0 Å². The van der Waals surface area contributed by atoms with Gasteiger partial charge in [0.05, 0.1) is 17.6 Å². The zero-order valence-electron chi connectivity index (χ0n) is 16.7. The normalized spacial score (nSPS) is 21.0. The topological polar surface area (TPSA) is 76.1 Å². The van der Waals surface area contributed by atoms with Crippen molar-refractivity contribution in [2.45, 2.75) is 38.1 Å². The Bertz CT molecular complexity index is 938. The SMILES string of the molecule is CC(O)C1C(=O)c2c(F)cccc2OC12CCN(C(=O)OCc1ccccc1)CC2. The Hall–Kier alpha value is -2.93. The smallest absolute Gasteiger partial charge is 0.410 e. The maximum absolute atomic E-state index is 14.3. The summed E-state index contributed by atoms with van der Waals surface area (Å²) in [6.07, 6.45) is -0.771. The number of halogens is 1. The summed E-state index contributed by atoms with van der Waals surface area (Å²) in [6.45, 7) is 2.32. The van der Waals surface area contributed by atoms with Crippen LogP contribution in [0.5, 0.6) is 5.75 Å². The van der Waals surface area contributed by atoms with E-state index in [1.165, 1.54) is 19.1 Å². The van der Waals surface area contributed by atoms with Gasteiger partial charge >= 0.3 is 6.09 Å². The van der Waals surface area contributed by atoms with Gasteiger partial charge in [0.15, 0.2) is 5.78 Å². The highest BCUT2D eigenvalue weighted by Crippen LogP contribution is 2.45. The second-order valence-electron chi connectivity index (χ2n) is 7.89. The number of benzene rings is 2. The van der Waals surface area contributed by atoms with E-state index < -0.39 is 35.3 Å². The minimum absolute atomic E-state index is 0.112. The number of piperidine rings is 1. The highest BCUT2D eigenvalue weighted by molar-refractivity contribution is 6.02. The molecule has 2 atom stereocenters. The molecule has 30 heavy (non-hydrogen) atoms. The molecule has 6 nitrogen and oxygen atoms in total. The minimum Gasteiger partial charge on any atom is -0.485 e. The highest BCUT2D eigenvalue weighted by atomic mass is 19.1. The molecule has 2 aromatic rings. The van der Waals surface area contributed by atoms with E-state index in [2.05, 4.69) is 0 Å². The van der Waals surface area contributed by atoms with Crippen LogP contribution in [0.2, 0.25) is 0 Å². The van der Waals surface area contributed by atoms with Gasteiger partial charge < -0.3 is 19.5 Å². The van der Waals surface area contributed by atoms with E-state index in [-0.39, 0.29) is 17.9 Å². The molecule has 0 radical (unpaired) electrons.